The maximum atomic E-state index is 12.6. The van der Waals surface area contributed by atoms with Crippen LogP contribution in [0.5, 0.6) is 0 Å². The number of aryl methyl sites for hydroxylation is 1. The van der Waals surface area contributed by atoms with E-state index < -0.39 is 21.9 Å². The quantitative estimate of drug-likeness (QED) is 0.764. The van der Waals surface area contributed by atoms with Gasteiger partial charge in [0.1, 0.15) is 0 Å². The lowest BCUT2D eigenvalue weighted by Gasteiger charge is -2.20. The molecule has 0 fully saturated rings. The summed E-state index contributed by atoms with van der Waals surface area (Å²) in [6.45, 7) is 1.75. The lowest BCUT2D eigenvalue weighted by Crippen LogP contribution is -2.26. The molecular weight excluding hydrogens is 392 g/mol. The number of benzene rings is 2. The molecule has 7 nitrogen and oxygen atoms in total. The van der Waals surface area contributed by atoms with E-state index in [-0.39, 0.29) is 21.8 Å². The van der Waals surface area contributed by atoms with Crippen LogP contribution >= 0.6 is 11.6 Å². The number of carbonyl (C=O) groups is 2. The van der Waals surface area contributed by atoms with Crippen molar-refractivity contribution in [2.45, 2.75) is 6.92 Å². The number of halogens is 1. The van der Waals surface area contributed by atoms with Crippen LogP contribution in [-0.2, 0) is 14.8 Å². The number of nitrogens with zero attached hydrogens (tertiary/aromatic N) is 1. The standard InChI is InChI=1S/C18H19ClN2O5S/c1-11-5-6-12(10-16(11)21(2)27(4,24)25)17(22)20-15-9-13(18(23)26-3)7-8-14(15)19/h5-10H,1-4H3,(H,20,22). The van der Waals surface area contributed by atoms with Crippen LogP contribution in [-0.4, -0.2) is 40.7 Å². The molecular formula is C18H19ClN2O5S. The second-order valence-electron chi connectivity index (χ2n) is 5.87. The van der Waals surface area contributed by atoms with E-state index in [1.54, 1.807) is 19.1 Å². The highest BCUT2D eigenvalue weighted by Gasteiger charge is 2.18. The Morgan fingerprint density at radius 3 is 2.33 bits per heavy atom. The van der Waals surface area contributed by atoms with Gasteiger partial charge in [-0.15, -0.1) is 0 Å². The first-order chi connectivity index (χ1) is 12.5. The summed E-state index contributed by atoms with van der Waals surface area (Å²) in [7, 11) is -0.811. The lowest BCUT2D eigenvalue weighted by atomic mass is 10.1. The SMILES string of the molecule is COC(=O)c1ccc(Cl)c(NC(=O)c2ccc(C)c(N(C)S(C)(=O)=O)c2)c1. The van der Waals surface area contributed by atoms with E-state index in [1.807, 2.05) is 0 Å². The molecule has 0 saturated carbocycles. The van der Waals surface area contributed by atoms with E-state index >= 15 is 0 Å². The molecule has 144 valence electrons. The van der Waals surface area contributed by atoms with Crippen LogP contribution in [0.2, 0.25) is 5.02 Å². The molecule has 2 aromatic carbocycles. The van der Waals surface area contributed by atoms with Gasteiger partial charge in [0.15, 0.2) is 0 Å². The van der Waals surface area contributed by atoms with Crippen molar-refractivity contribution in [1.29, 1.82) is 0 Å². The molecule has 27 heavy (non-hydrogen) atoms. The van der Waals surface area contributed by atoms with Crippen LogP contribution < -0.4 is 9.62 Å². The van der Waals surface area contributed by atoms with Crippen LogP contribution in [0.1, 0.15) is 26.3 Å². The molecule has 2 rings (SSSR count). The summed E-state index contributed by atoms with van der Waals surface area (Å²) in [5, 5.41) is 2.87. The number of ether oxygens (including phenoxy) is 1. The first-order valence-corrected chi connectivity index (χ1v) is 10.0. The van der Waals surface area contributed by atoms with Crippen LogP contribution in [0.25, 0.3) is 0 Å². The van der Waals surface area contributed by atoms with Gasteiger partial charge in [0.2, 0.25) is 10.0 Å². The van der Waals surface area contributed by atoms with E-state index in [4.69, 9.17) is 11.6 Å². The largest absolute Gasteiger partial charge is 0.465 e. The molecule has 0 radical (unpaired) electrons. The molecule has 1 N–H and O–H groups in total. The van der Waals surface area contributed by atoms with E-state index in [0.717, 1.165) is 10.6 Å². The van der Waals surface area contributed by atoms with Crippen LogP contribution in [0.4, 0.5) is 11.4 Å². The Labute approximate surface area is 162 Å². The van der Waals surface area contributed by atoms with E-state index in [2.05, 4.69) is 10.1 Å². The number of anilines is 2. The highest BCUT2D eigenvalue weighted by atomic mass is 35.5. The molecule has 0 aromatic heterocycles. The predicted octanol–water partition coefficient (Wildman–Crippen LogP) is 3.08. The third kappa shape index (κ3) is 4.78. The van der Waals surface area contributed by atoms with Gasteiger partial charge in [-0.3, -0.25) is 9.10 Å². The zero-order valence-corrected chi connectivity index (χ0v) is 16.8. The Bertz CT molecular complexity index is 1000. The highest BCUT2D eigenvalue weighted by molar-refractivity contribution is 7.92. The molecule has 2 aromatic rings. The van der Waals surface area contributed by atoms with E-state index in [0.29, 0.717) is 11.3 Å². The minimum absolute atomic E-state index is 0.235. The van der Waals surface area contributed by atoms with Gasteiger partial charge in [-0.05, 0) is 42.8 Å². The molecule has 0 aliphatic heterocycles. The summed E-state index contributed by atoms with van der Waals surface area (Å²) in [5.74, 6) is -1.06. The van der Waals surface area contributed by atoms with Gasteiger partial charge in [0.05, 0.1) is 35.3 Å². The Morgan fingerprint density at radius 2 is 1.74 bits per heavy atom. The average Bonchev–Trinajstić information content (AvgIpc) is 2.61. The number of sulfonamides is 1. The minimum Gasteiger partial charge on any atom is -0.465 e. The lowest BCUT2D eigenvalue weighted by molar-refractivity contribution is 0.0600. The van der Waals surface area contributed by atoms with Crippen molar-refractivity contribution in [3.05, 3.63) is 58.1 Å². The number of hydrogen-bond donors (Lipinski definition) is 1. The number of amides is 1. The molecule has 9 heteroatoms. The summed E-state index contributed by atoms with van der Waals surface area (Å²) in [6.07, 6.45) is 1.08. The Morgan fingerprint density at radius 1 is 1.11 bits per heavy atom. The second kappa shape index (κ2) is 7.98. The molecule has 0 atom stereocenters. The molecule has 0 heterocycles. The third-order valence-corrected chi connectivity index (χ3v) is 5.46. The number of carbonyl (C=O) groups excluding carboxylic acids is 2. The molecule has 0 unspecified atom stereocenters. The van der Waals surface area contributed by atoms with Gasteiger partial charge in [-0.25, -0.2) is 13.2 Å². The van der Waals surface area contributed by atoms with Crippen LogP contribution in [0, 0.1) is 6.92 Å². The zero-order valence-electron chi connectivity index (χ0n) is 15.2. The van der Waals surface area contributed by atoms with Crippen molar-refractivity contribution in [2.24, 2.45) is 0 Å². The van der Waals surface area contributed by atoms with Crippen molar-refractivity contribution < 1.29 is 22.7 Å². The Hall–Kier alpha value is -2.58. The topological polar surface area (TPSA) is 92.8 Å². The first kappa shape index (κ1) is 20.7. The fraction of sp³-hybridized carbons (Fsp3) is 0.222. The molecule has 0 aliphatic carbocycles. The number of nitrogens with one attached hydrogen (secondary N) is 1. The molecule has 0 saturated heterocycles. The number of esters is 1. The minimum atomic E-state index is -3.48. The summed E-state index contributed by atoms with van der Waals surface area (Å²) in [5.41, 5.74) is 1.80. The normalized spacial score (nSPS) is 11.0. The summed E-state index contributed by atoms with van der Waals surface area (Å²) in [6, 6.07) is 9.06. The van der Waals surface area contributed by atoms with Crippen molar-refractivity contribution in [2.75, 3.05) is 30.0 Å². The van der Waals surface area contributed by atoms with Gasteiger partial charge in [0.25, 0.3) is 5.91 Å². The monoisotopic (exact) mass is 410 g/mol. The molecule has 0 bridgehead atoms. The predicted molar refractivity (Wildman–Crippen MR) is 105 cm³/mol. The van der Waals surface area contributed by atoms with E-state index in [9.17, 15) is 18.0 Å². The highest BCUT2D eigenvalue weighted by Crippen LogP contribution is 2.26. The van der Waals surface area contributed by atoms with Crippen molar-refractivity contribution in [3.63, 3.8) is 0 Å². The van der Waals surface area contributed by atoms with Gasteiger partial charge in [-0.2, -0.15) is 0 Å². The van der Waals surface area contributed by atoms with E-state index in [1.165, 1.54) is 38.4 Å². The third-order valence-electron chi connectivity index (χ3n) is 3.94. The number of hydrogen-bond acceptors (Lipinski definition) is 5. The molecule has 1 amide bonds. The molecule has 0 spiro atoms. The fourth-order valence-corrected chi connectivity index (χ4v) is 3.05. The Kier molecular flexibility index (Phi) is 6.12. The maximum absolute atomic E-state index is 12.6. The van der Waals surface area contributed by atoms with Gasteiger partial charge in [0, 0.05) is 12.6 Å². The summed E-state index contributed by atoms with van der Waals surface area (Å²) >= 11 is 6.09. The average molecular weight is 411 g/mol. The van der Waals surface area contributed by atoms with Gasteiger partial charge >= 0.3 is 5.97 Å². The van der Waals surface area contributed by atoms with Crippen molar-refractivity contribution in [1.82, 2.24) is 0 Å². The maximum Gasteiger partial charge on any atom is 0.337 e. The smallest absolute Gasteiger partial charge is 0.337 e. The molecule has 0 aliphatic rings. The fourth-order valence-electron chi connectivity index (χ4n) is 2.33. The Balaban J connectivity index is 2.36. The zero-order chi connectivity index (χ0) is 20.4. The second-order valence-corrected chi connectivity index (χ2v) is 8.29. The van der Waals surface area contributed by atoms with Crippen molar-refractivity contribution >= 4 is 44.9 Å². The first-order valence-electron chi connectivity index (χ1n) is 7.78. The van der Waals surface area contributed by atoms with Crippen LogP contribution in [0.15, 0.2) is 36.4 Å². The van der Waals surface area contributed by atoms with Gasteiger partial charge in [-0.1, -0.05) is 17.7 Å². The summed E-state index contributed by atoms with van der Waals surface area (Å²) in [4.78, 5) is 24.2. The van der Waals surface area contributed by atoms with Crippen molar-refractivity contribution in [3.8, 4) is 0 Å². The summed E-state index contributed by atoms with van der Waals surface area (Å²) < 4.78 is 29.3. The number of rotatable bonds is 5. The number of methoxy groups -OCH3 is 1. The van der Waals surface area contributed by atoms with Crippen LogP contribution in [0.3, 0.4) is 0 Å². The van der Waals surface area contributed by atoms with Gasteiger partial charge < -0.3 is 10.1 Å².